The van der Waals surface area contributed by atoms with E-state index in [0.717, 1.165) is 11.8 Å². The van der Waals surface area contributed by atoms with Gasteiger partial charge >= 0.3 is 0 Å². The van der Waals surface area contributed by atoms with Gasteiger partial charge in [-0.25, -0.2) is 0 Å². The van der Waals surface area contributed by atoms with E-state index < -0.39 is 0 Å². The molecule has 1 aliphatic carbocycles. The maximum Gasteiger partial charge on any atom is 0.0735 e. The first kappa shape index (κ1) is 14.0. The summed E-state index contributed by atoms with van der Waals surface area (Å²) >= 11 is 1.94. The highest BCUT2D eigenvalue weighted by Crippen LogP contribution is 2.38. The molecule has 1 saturated carbocycles. The van der Waals surface area contributed by atoms with E-state index in [-0.39, 0.29) is 0 Å². The van der Waals surface area contributed by atoms with Crippen LogP contribution in [0.4, 0.5) is 0 Å². The molecule has 108 valence electrons. The minimum Gasteiger partial charge on any atom is -0.350 e. The van der Waals surface area contributed by atoms with Crippen molar-refractivity contribution in [2.45, 2.75) is 49.4 Å². The number of H-pyrrole nitrogens is 1. The molecule has 3 heteroatoms. The van der Waals surface area contributed by atoms with Gasteiger partial charge in [-0.05, 0) is 43.2 Å². The van der Waals surface area contributed by atoms with Crippen LogP contribution in [-0.4, -0.2) is 16.3 Å². The number of hydrogen-bond donors (Lipinski definition) is 2. The van der Waals surface area contributed by atoms with E-state index in [4.69, 9.17) is 5.73 Å². The first-order valence-electron chi connectivity index (χ1n) is 7.63. The van der Waals surface area contributed by atoms with Crippen molar-refractivity contribution in [3.05, 3.63) is 30.3 Å². The molecule has 3 atom stereocenters. The van der Waals surface area contributed by atoms with Crippen molar-refractivity contribution in [1.29, 1.82) is 0 Å². The van der Waals surface area contributed by atoms with Gasteiger partial charge in [0, 0.05) is 22.2 Å². The number of para-hydroxylation sites is 1. The summed E-state index contributed by atoms with van der Waals surface area (Å²) in [4.78, 5) is 3.51. The lowest BCUT2D eigenvalue weighted by molar-refractivity contribution is 0.266. The van der Waals surface area contributed by atoms with Gasteiger partial charge in [-0.2, -0.15) is 0 Å². The number of hydrogen-bond acceptors (Lipinski definition) is 2. The fraction of sp³-hybridized carbons (Fsp3) is 0.529. The highest BCUT2D eigenvalue weighted by atomic mass is 32.2. The summed E-state index contributed by atoms with van der Waals surface area (Å²) in [5.41, 5.74) is 7.57. The molecule has 0 amide bonds. The minimum absolute atomic E-state index is 0.335. The molecular formula is C17H24N2S. The monoisotopic (exact) mass is 288 g/mol. The summed E-state index contributed by atoms with van der Waals surface area (Å²) in [5, 5.41) is 3.10. The number of rotatable bonds is 3. The fourth-order valence-electron chi connectivity index (χ4n) is 3.20. The predicted molar refractivity (Wildman–Crippen MR) is 88.1 cm³/mol. The van der Waals surface area contributed by atoms with Crippen molar-refractivity contribution in [2.24, 2.45) is 17.6 Å². The SMILES string of the molecule is CC(C)C1CCC(N)C(Sc2cc3ccccc3[nH]2)C1. The van der Waals surface area contributed by atoms with Gasteiger partial charge in [-0.15, -0.1) is 11.8 Å². The molecule has 2 nitrogen and oxygen atoms in total. The average molecular weight is 288 g/mol. The van der Waals surface area contributed by atoms with Gasteiger partial charge in [0.05, 0.1) is 5.03 Å². The maximum atomic E-state index is 6.35. The second-order valence-corrected chi connectivity index (χ2v) is 7.64. The zero-order valence-electron chi connectivity index (χ0n) is 12.3. The summed E-state index contributed by atoms with van der Waals surface area (Å²) in [5.74, 6) is 1.60. The average Bonchev–Trinajstić information content (AvgIpc) is 2.83. The Bertz CT molecular complexity index is 542. The van der Waals surface area contributed by atoms with Gasteiger partial charge in [-0.1, -0.05) is 32.0 Å². The van der Waals surface area contributed by atoms with E-state index in [1.807, 2.05) is 11.8 Å². The molecule has 0 spiro atoms. The summed E-state index contributed by atoms with van der Waals surface area (Å²) < 4.78 is 0. The Morgan fingerprint density at radius 1 is 1.25 bits per heavy atom. The standard InChI is InChI=1S/C17H24N2S/c1-11(2)12-7-8-14(18)16(9-12)20-17-10-13-5-3-4-6-15(13)19-17/h3-6,10-12,14,16,19H,7-9,18H2,1-2H3. The third kappa shape index (κ3) is 2.89. The molecule has 1 heterocycles. The van der Waals surface area contributed by atoms with Crippen molar-refractivity contribution >= 4 is 22.7 Å². The minimum atomic E-state index is 0.335. The normalized spacial score (nSPS) is 27.3. The van der Waals surface area contributed by atoms with E-state index in [9.17, 15) is 0 Å². The molecular weight excluding hydrogens is 264 g/mol. The van der Waals surface area contributed by atoms with Gasteiger partial charge in [0.15, 0.2) is 0 Å². The van der Waals surface area contributed by atoms with Crippen LogP contribution in [0.25, 0.3) is 10.9 Å². The number of thioether (sulfide) groups is 1. The first-order valence-corrected chi connectivity index (χ1v) is 8.51. The van der Waals surface area contributed by atoms with Crippen LogP contribution in [-0.2, 0) is 0 Å². The van der Waals surface area contributed by atoms with E-state index in [1.54, 1.807) is 0 Å². The zero-order valence-corrected chi connectivity index (χ0v) is 13.1. The van der Waals surface area contributed by atoms with Gasteiger partial charge in [-0.3, -0.25) is 0 Å². The van der Waals surface area contributed by atoms with Crippen LogP contribution in [0.15, 0.2) is 35.4 Å². The van der Waals surface area contributed by atoms with Crippen LogP contribution in [0.5, 0.6) is 0 Å². The summed E-state index contributed by atoms with van der Waals surface area (Å²) in [7, 11) is 0. The van der Waals surface area contributed by atoms with E-state index in [2.05, 4.69) is 49.2 Å². The number of fused-ring (bicyclic) bond motifs is 1. The number of aromatic amines is 1. The summed E-state index contributed by atoms with van der Waals surface area (Å²) in [6.07, 6.45) is 3.71. The first-order chi connectivity index (χ1) is 9.63. The molecule has 0 bridgehead atoms. The van der Waals surface area contributed by atoms with Crippen LogP contribution in [0.1, 0.15) is 33.1 Å². The lowest BCUT2D eigenvalue weighted by Gasteiger charge is -2.35. The highest BCUT2D eigenvalue weighted by molar-refractivity contribution is 7.99. The molecule has 0 radical (unpaired) electrons. The van der Waals surface area contributed by atoms with Gasteiger partial charge in [0.1, 0.15) is 0 Å². The molecule has 3 unspecified atom stereocenters. The molecule has 1 fully saturated rings. The molecule has 1 aromatic carbocycles. The lowest BCUT2D eigenvalue weighted by atomic mass is 9.79. The molecule has 1 aliphatic rings. The highest BCUT2D eigenvalue weighted by Gasteiger charge is 2.30. The number of benzene rings is 1. The Balaban J connectivity index is 1.75. The molecule has 3 rings (SSSR count). The Labute approximate surface area is 125 Å². The van der Waals surface area contributed by atoms with Gasteiger partial charge in [0.25, 0.3) is 0 Å². The number of nitrogens with two attached hydrogens (primary N) is 1. The summed E-state index contributed by atoms with van der Waals surface area (Å²) in [6.45, 7) is 4.68. The third-order valence-electron chi connectivity index (χ3n) is 4.61. The molecule has 2 aromatic rings. The van der Waals surface area contributed by atoms with E-state index >= 15 is 0 Å². The molecule has 20 heavy (non-hydrogen) atoms. The molecule has 3 N–H and O–H groups in total. The van der Waals surface area contributed by atoms with E-state index in [0.29, 0.717) is 11.3 Å². The second kappa shape index (κ2) is 5.82. The fourth-order valence-corrected chi connectivity index (χ4v) is 4.54. The lowest BCUT2D eigenvalue weighted by Crippen LogP contribution is -2.39. The number of aromatic nitrogens is 1. The quantitative estimate of drug-likeness (QED) is 0.878. The van der Waals surface area contributed by atoms with Crippen LogP contribution in [0.3, 0.4) is 0 Å². The largest absolute Gasteiger partial charge is 0.350 e. The van der Waals surface area contributed by atoms with Crippen molar-refractivity contribution < 1.29 is 0 Å². The Hall–Kier alpha value is -0.930. The Kier molecular flexibility index (Phi) is 4.08. The van der Waals surface area contributed by atoms with Crippen molar-refractivity contribution in [2.75, 3.05) is 0 Å². The van der Waals surface area contributed by atoms with Crippen LogP contribution in [0.2, 0.25) is 0 Å². The third-order valence-corrected chi connectivity index (χ3v) is 5.93. The molecule has 1 aromatic heterocycles. The zero-order chi connectivity index (χ0) is 14.1. The molecule has 0 saturated heterocycles. The molecule has 0 aliphatic heterocycles. The Morgan fingerprint density at radius 2 is 2.05 bits per heavy atom. The second-order valence-electron chi connectivity index (χ2n) is 6.36. The van der Waals surface area contributed by atoms with Crippen LogP contribution < -0.4 is 5.73 Å². The maximum absolute atomic E-state index is 6.35. The van der Waals surface area contributed by atoms with Crippen molar-refractivity contribution in [3.63, 3.8) is 0 Å². The van der Waals surface area contributed by atoms with Crippen LogP contribution >= 0.6 is 11.8 Å². The number of nitrogens with one attached hydrogen (secondary N) is 1. The summed E-state index contributed by atoms with van der Waals surface area (Å²) in [6, 6.07) is 11.1. The topological polar surface area (TPSA) is 41.8 Å². The van der Waals surface area contributed by atoms with Gasteiger partial charge in [0.2, 0.25) is 0 Å². The smallest absolute Gasteiger partial charge is 0.0735 e. The van der Waals surface area contributed by atoms with Crippen molar-refractivity contribution in [3.8, 4) is 0 Å². The predicted octanol–water partition coefficient (Wildman–Crippen LogP) is 4.41. The van der Waals surface area contributed by atoms with Crippen molar-refractivity contribution in [1.82, 2.24) is 4.98 Å². The van der Waals surface area contributed by atoms with E-state index in [1.165, 1.54) is 35.2 Å². The Morgan fingerprint density at radius 3 is 2.80 bits per heavy atom. The van der Waals surface area contributed by atoms with Crippen LogP contribution in [0, 0.1) is 11.8 Å². The van der Waals surface area contributed by atoms with Gasteiger partial charge < -0.3 is 10.7 Å².